The van der Waals surface area contributed by atoms with Gasteiger partial charge in [-0.1, -0.05) is 0 Å². The molecule has 2 heteroatoms. The molecule has 10 heavy (non-hydrogen) atoms. The second kappa shape index (κ2) is 6.33. The molecule has 0 bridgehead atoms. The highest BCUT2D eigenvalue weighted by atomic mass is 16.5. The predicted octanol–water partition coefficient (Wildman–Crippen LogP) is 1.91. The highest BCUT2D eigenvalue weighted by Gasteiger charge is 1.89. The third kappa shape index (κ3) is 7.21. The van der Waals surface area contributed by atoms with E-state index >= 15 is 0 Å². The minimum Gasteiger partial charge on any atom is -0.505 e. The average molecular weight is 142 g/mol. The van der Waals surface area contributed by atoms with Gasteiger partial charge in [0.2, 0.25) is 0 Å². The number of ether oxygens (including phenoxy) is 1. The third-order valence-electron chi connectivity index (χ3n) is 1.13. The number of allylic oxidation sites excluding steroid dienone is 1. The summed E-state index contributed by atoms with van der Waals surface area (Å²) in [6.07, 6.45) is 6.08. The van der Waals surface area contributed by atoms with Crippen molar-refractivity contribution in [2.45, 2.75) is 26.2 Å². The quantitative estimate of drug-likeness (QED) is 0.433. The number of carbonyl (C=O) groups is 1. The molecule has 0 N–H and O–H groups in total. The summed E-state index contributed by atoms with van der Waals surface area (Å²) in [5.74, 6) is 0.255. The maximum Gasteiger partial charge on any atom is 0.129 e. The fraction of sp³-hybridized carbons (Fsp3) is 0.625. The number of hydrogen-bond donors (Lipinski definition) is 0. The van der Waals surface area contributed by atoms with Gasteiger partial charge >= 0.3 is 0 Å². The summed E-state index contributed by atoms with van der Waals surface area (Å²) in [5, 5.41) is 0. The van der Waals surface area contributed by atoms with Crippen molar-refractivity contribution in [2.24, 2.45) is 0 Å². The Bertz CT molecular complexity index is 116. The highest BCUT2D eigenvalue weighted by Crippen LogP contribution is 1.96. The Hall–Kier alpha value is -0.790. The van der Waals surface area contributed by atoms with Crippen LogP contribution in [0.1, 0.15) is 26.2 Å². The Labute approximate surface area is 61.9 Å². The summed E-state index contributed by atoms with van der Waals surface area (Å²) >= 11 is 0. The van der Waals surface area contributed by atoms with Gasteiger partial charge in [0.25, 0.3) is 0 Å². The molecule has 0 aliphatic carbocycles. The molecule has 0 aliphatic heterocycles. The number of unbranched alkanes of at least 4 members (excludes halogenated alkanes) is 1. The molecule has 0 radical (unpaired) electrons. The van der Waals surface area contributed by atoms with Gasteiger partial charge in [-0.05, 0) is 25.8 Å². The fourth-order valence-electron chi connectivity index (χ4n) is 0.633. The number of ketones is 1. The molecule has 0 spiro atoms. The summed E-state index contributed by atoms with van der Waals surface area (Å²) in [6.45, 7) is 1.61. The molecule has 0 saturated carbocycles. The summed E-state index contributed by atoms with van der Waals surface area (Å²) in [5.41, 5.74) is 0. The summed E-state index contributed by atoms with van der Waals surface area (Å²) < 4.78 is 4.68. The van der Waals surface area contributed by atoms with Crippen LogP contribution in [0.4, 0.5) is 0 Å². The normalized spacial score (nSPS) is 10.2. The molecule has 0 rings (SSSR count). The van der Waals surface area contributed by atoms with Gasteiger partial charge in [0.05, 0.1) is 13.4 Å². The lowest BCUT2D eigenvalue weighted by molar-refractivity contribution is -0.117. The number of rotatable bonds is 5. The van der Waals surface area contributed by atoms with E-state index in [0.29, 0.717) is 6.42 Å². The monoisotopic (exact) mass is 142 g/mol. The van der Waals surface area contributed by atoms with Crippen LogP contribution in [0.5, 0.6) is 0 Å². The Kier molecular flexibility index (Phi) is 5.83. The number of carbonyl (C=O) groups excluding carboxylic acids is 1. The van der Waals surface area contributed by atoms with E-state index in [1.54, 1.807) is 20.3 Å². The Morgan fingerprint density at radius 1 is 1.60 bits per heavy atom. The van der Waals surface area contributed by atoms with Gasteiger partial charge in [0.1, 0.15) is 5.78 Å². The van der Waals surface area contributed by atoms with Crippen molar-refractivity contribution in [3.63, 3.8) is 0 Å². The first-order valence-corrected chi connectivity index (χ1v) is 3.44. The zero-order valence-corrected chi connectivity index (χ0v) is 6.59. The van der Waals surface area contributed by atoms with Crippen LogP contribution in [0.2, 0.25) is 0 Å². The Morgan fingerprint density at radius 2 is 2.30 bits per heavy atom. The summed E-state index contributed by atoms with van der Waals surface area (Å²) in [6, 6.07) is 0. The smallest absolute Gasteiger partial charge is 0.129 e. The lowest BCUT2D eigenvalue weighted by atomic mass is 10.2. The molecule has 0 fully saturated rings. The van der Waals surface area contributed by atoms with E-state index in [-0.39, 0.29) is 5.78 Å². The van der Waals surface area contributed by atoms with Gasteiger partial charge in [-0.25, -0.2) is 0 Å². The van der Waals surface area contributed by atoms with E-state index in [1.165, 1.54) is 0 Å². The molecule has 0 saturated heterocycles. The molecule has 0 heterocycles. The SMILES string of the molecule is CO/C=C/CCCC(C)=O. The fourth-order valence-corrected chi connectivity index (χ4v) is 0.633. The van der Waals surface area contributed by atoms with Crippen molar-refractivity contribution in [3.8, 4) is 0 Å². The highest BCUT2D eigenvalue weighted by molar-refractivity contribution is 5.75. The Morgan fingerprint density at radius 3 is 2.80 bits per heavy atom. The maximum absolute atomic E-state index is 10.4. The molecule has 0 aromatic rings. The van der Waals surface area contributed by atoms with E-state index in [4.69, 9.17) is 0 Å². The molecule has 58 valence electrons. The van der Waals surface area contributed by atoms with Crippen molar-refractivity contribution < 1.29 is 9.53 Å². The molecular weight excluding hydrogens is 128 g/mol. The van der Waals surface area contributed by atoms with E-state index in [0.717, 1.165) is 12.8 Å². The van der Waals surface area contributed by atoms with Crippen molar-refractivity contribution in [2.75, 3.05) is 7.11 Å². The van der Waals surface area contributed by atoms with Crippen LogP contribution in [0, 0.1) is 0 Å². The maximum atomic E-state index is 10.4. The van der Waals surface area contributed by atoms with Gasteiger partial charge in [0.15, 0.2) is 0 Å². The van der Waals surface area contributed by atoms with Crippen molar-refractivity contribution in [1.82, 2.24) is 0 Å². The second-order valence-electron chi connectivity index (χ2n) is 2.20. The molecular formula is C8H14O2. The van der Waals surface area contributed by atoms with Crippen LogP contribution in [-0.2, 0) is 9.53 Å². The van der Waals surface area contributed by atoms with Crippen LogP contribution >= 0.6 is 0 Å². The van der Waals surface area contributed by atoms with Gasteiger partial charge in [-0.15, -0.1) is 0 Å². The van der Waals surface area contributed by atoms with Crippen LogP contribution in [0.15, 0.2) is 12.3 Å². The van der Waals surface area contributed by atoms with Crippen LogP contribution in [0.25, 0.3) is 0 Å². The van der Waals surface area contributed by atoms with Crippen LogP contribution < -0.4 is 0 Å². The van der Waals surface area contributed by atoms with Gasteiger partial charge < -0.3 is 9.53 Å². The minimum atomic E-state index is 0.255. The van der Waals surface area contributed by atoms with Crippen molar-refractivity contribution >= 4 is 5.78 Å². The van der Waals surface area contributed by atoms with Gasteiger partial charge in [0, 0.05) is 6.42 Å². The van der Waals surface area contributed by atoms with Crippen molar-refractivity contribution in [1.29, 1.82) is 0 Å². The van der Waals surface area contributed by atoms with E-state index in [2.05, 4.69) is 4.74 Å². The zero-order valence-electron chi connectivity index (χ0n) is 6.59. The molecule has 2 nitrogen and oxygen atoms in total. The standard InChI is InChI=1S/C8H14O2/c1-8(9)6-4-3-5-7-10-2/h5,7H,3-4,6H2,1-2H3/b7-5+. The molecule has 0 amide bonds. The number of Topliss-reactive ketones (excluding diaryl/α,β-unsaturated/α-hetero) is 1. The molecule has 0 aromatic carbocycles. The first-order chi connectivity index (χ1) is 4.77. The largest absolute Gasteiger partial charge is 0.505 e. The van der Waals surface area contributed by atoms with Gasteiger partial charge in [-0.3, -0.25) is 0 Å². The van der Waals surface area contributed by atoms with E-state index in [9.17, 15) is 4.79 Å². The number of hydrogen-bond acceptors (Lipinski definition) is 2. The van der Waals surface area contributed by atoms with Crippen LogP contribution in [0.3, 0.4) is 0 Å². The first-order valence-electron chi connectivity index (χ1n) is 3.44. The molecule has 0 aromatic heterocycles. The third-order valence-corrected chi connectivity index (χ3v) is 1.13. The predicted molar refractivity (Wildman–Crippen MR) is 40.7 cm³/mol. The lowest BCUT2D eigenvalue weighted by Gasteiger charge is -1.90. The molecule has 0 aliphatic rings. The number of methoxy groups -OCH3 is 1. The first kappa shape index (κ1) is 9.21. The summed E-state index contributed by atoms with van der Waals surface area (Å²) in [7, 11) is 1.61. The summed E-state index contributed by atoms with van der Waals surface area (Å²) in [4.78, 5) is 10.4. The minimum absolute atomic E-state index is 0.255. The second-order valence-corrected chi connectivity index (χ2v) is 2.20. The zero-order chi connectivity index (χ0) is 7.82. The van der Waals surface area contributed by atoms with E-state index in [1.807, 2.05) is 6.08 Å². The topological polar surface area (TPSA) is 26.3 Å². The van der Waals surface area contributed by atoms with Crippen LogP contribution in [-0.4, -0.2) is 12.9 Å². The molecule has 0 unspecified atom stereocenters. The van der Waals surface area contributed by atoms with Gasteiger partial charge in [-0.2, -0.15) is 0 Å². The van der Waals surface area contributed by atoms with E-state index < -0.39 is 0 Å². The molecule has 0 atom stereocenters. The lowest BCUT2D eigenvalue weighted by Crippen LogP contribution is -1.87. The average Bonchev–Trinajstić information content (AvgIpc) is 1.87. The van der Waals surface area contributed by atoms with Crippen molar-refractivity contribution in [3.05, 3.63) is 12.3 Å². The Balaban J connectivity index is 3.05.